The maximum absolute atomic E-state index is 7.50. The predicted molar refractivity (Wildman–Crippen MR) is 79.4 cm³/mol. The molecule has 0 amide bonds. The zero-order valence-corrected chi connectivity index (χ0v) is 20.2. The summed E-state index contributed by atoms with van der Waals surface area (Å²) in [7, 11) is 0. The van der Waals surface area contributed by atoms with E-state index in [2.05, 4.69) is 66.5 Å². The van der Waals surface area contributed by atoms with Crippen molar-refractivity contribution in [2.24, 2.45) is 0 Å². The molecule has 15 heteroatoms. The Kier molecular flexibility index (Phi) is 904. The summed E-state index contributed by atoms with van der Waals surface area (Å²) in [5, 5.41) is 0. The van der Waals surface area contributed by atoms with Gasteiger partial charge in [0.05, 0.1) is 0 Å². The zero-order chi connectivity index (χ0) is 27.1. The van der Waals surface area contributed by atoms with Crippen LogP contribution in [-0.2, 0) is 107 Å². The maximum atomic E-state index is 7.50. The molecule has 12 nitrogen and oxygen atoms in total. The molecule has 0 aromatic rings. The quantitative estimate of drug-likeness (QED) is 0.231. The second-order valence-corrected chi connectivity index (χ2v) is 2.64. The molecule has 0 atom stereocenters. The van der Waals surface area contributed by atoms with Crippen molar-refractivity contribution >= 4 is 0 Å². The Labute approximate surface area is 225 Å². The topological polar surface area (TPSA) is 217 Å². The van der Waals surface area contributed by atoms with Gasteiger partial charge in [-0.1, -0.05) is 0 Å². The van der Waals surface area contributed by atoms with E-state index in [1.54, 1.807) is 0 Å². The van der Waals surface area contributed by atoms with E-state index in [-0.39, 0.29) is 51.2 Å². The van der Waals surface area contributed by atoms with Gasteiger partial charge in [0.25, 0.3) is 0 Å². The van der Waals surface area contributed by atoms with E-state index in [4.69, 9.17) is 56.0 Å². The van der Waals surface area contributed by atoms with Crippen LogP contribution in [0.5, 0.6) is 0 Å². The van der Waals surface area contributed by atoms with Gasteiger partial charge in [0, 0.05) is 77.6 Å². The molecule has 0 unspecified atom stereocenters. The van der Waals surface area contributed by atoms with Gasteiger partial charge in [-0.3, -0.25) is 0 Å². The Balaban J connectivity index is -0.0000000124. The van der Waals surface area contributed by atoms with E-state index >= 15 is 0 Å². The second kappa shape index (κ2) is 350. The van der Waals surface area contributed by atoms with Crippen molar-refractivity contribution in [3.63, 3.8) is 0 Å². The molecule has 0 aliphatic carbocycles. The molecule has 0 saturated carbocycles. The molecule has 181 valence electrons. The van der Waals surface area contributed by atoms with Crippen LogP contribution < -0.4 is 0 Å². The van der Waals surface area contributed by atoms with Crippen LogP contribution in [-0.4, -0.2) is 26.4 Å². The van der Waals surface area contributed by atoms with Crippen LogP contribution in [0.15, 0.2) is 0 Å². The standard InChI is InChI=1S/2C4H8O.10CO.3Mn/c2*1-2-4-5-3-1;10*1-2;;;/h2*1-4H2;;;;;;;;;;;;;. The number of rotatable bonds is 0. The zero-order valence-electron chi connectivity index (χ0n) is 16.7. The fourth-order valence-corrected chi connectivity index (χ4v) is 1.02. The minimum absolute atomic E-state index is 0. The SMILES string of the molecule is C1CCOC1.C1CCOC1.[C-]#[O+].[C-]#[O+].[C-]#[O+].[C-]#[O+].[C-]#[O+].[C-]#[O+].[C-]#[O+].[C-]#[O+].[C-]#[O+].[C-]#[O+].[Mn].[Mn].[Mn]. The van der Waals surface area contributed by atoms with Gasteiger partial charge in [0.15, 0.2) is 0 Å². The average molecular weight is 589 g/mol. The van der Waals surface area contributed by atoms with Gasteiger partial charge in [0.1, 0.15) is 0 Å². The van der Waals surface area contributed by atoms with Gasteiger partial charge < -0.3 is 9.47 Å². The van der Waals surface area contributed by atoms with Crippen LogP contribution in [0.25, 0.3) is 0 Å². The summed E-state index contributed by atoms with van der Waals surface area (Å²) in [6.45, 7) is 49.0. The predicted octanol–water partition coefficient (Wildman–Crippen LogP) is 1.21. The molecule has 2 fully saturated rings. The first-order valence-electron chi connectivity index (χ1n) is 6.20. The number of ether oxygens (including phenoxy) is 2. The van der Waals surface area contributed by atoms with E-state index in [1.165, 1.54) is 25.7 Å². The molecule has 2 heterocycles. The van der Waals surface area contributed by atoms with Crippen molar-refractivity contribution in [3.05, 3.63) is 66.5 Å². The van der Waals surface area contributed by atoms with Crippen molar-refractivity contribution < 1.29 is 107 Å². The largest absolute Gasteiger partial charge is 0 e. The first-order chi connectivity index (χ1) is 15.0. The summed E-state index contributed by atoms with van der Waals surface area (Å²) in [4.78, 5) is 0. The van der Waals surface area contributed by atoms with Gasteiger partial charge in [-0.05, 0) is 25.7 Å². The molecule has 0 bridgehead atoms. The van der Waals surface area contributed by atoms with E-state index in [1.807, 2.05) is 0 Å². The second-order valence-electron chi connectivity index (χ2n) is 2.64. The fraction of sp³-hybridized carbons (Fsp3) is 0.444. The monoisotopic (exact) mass is 589 g/mol. The summed E-state index contributed by atoms with van der Waals surface area (Å²) in [6.07, 6.45) is 5.11. The molecule has 2 saturated heterocycles. The van der Waals surface area contributed by atoms with Crippen LogP contribution in [0, 0.1) is 66.5 Å². The van der Waals surface area contributed by atoms with Crippen molar-refractivity contribution in [3.8, 4) is 0 Å². The minimum Gasteiger partial charge on any atom is 0 e. The van der Waals surface area contributed by atoms with Gasteiger partial charge in [0.2, 0.25) is 0 Å². The van der Waals surface area contributed by atoms with Gasteiger partial charge >= 0.3 is 113 Å². The van der Waals surface area contributed by atoms with Crippen molar-refractivity contribution in [2.75, 3.05) is 26.4 Å². The summed E-state index contributed by atoms with van der Waals surface area (Å²) < 4.78 is 84.9. The number of hydrogen-bond acceptors (Lipinski definition) is 2. The molecular formula is C18H16Mn3O12. The fourth-order valence-electron chi connectivity index (χ4n) is 1.02. The molecule has 2 aliphatic heterocycles. The Morgan fingerprint density at radius 2 is 0.364 bits per heavy atom. The van der Waals surface area contributed by atoms with Crippen LogP contribution in [0.4, 0.5) is 0 Å². The molecule has 2 aliphatic rings. The first-order valence-corrected chi connectivity index (χ1v) is 6.20. The van der Waals surface area contributed by atoms with Crippen molar-refractivity contribution in [1.82, 2.24) is 0 Å². The molecular weight excluding hydrogens is 573 g/mol. The van der Waals surface area contributed by atoms with E-state index in [9.17, 15) is 0 Å². The maximum Gasteiger partial charge on any atom is 0 e. The smallest absolute Gasteiger partial charge is 0 e. The van der Waals surface area contributed by atoms with Gasteiger partial charge in [-0.25, -0.2) is 0 Å². The van der Waals surface area contributed by atoms with Crippen molar-refractivity contribution in [1.29, 1.82) is 0 Å². The van der Waals surface area contributed by atoms with Crippen LogP contribution in [0.2, 0.25) is 0 Å². The summed E-state index contributed by atoms with van der Waals surface area (Å²) in [5.74, 6) is 0. The molecule has 33 heavy (non-hydrogen) atoms. The van der Waals surface area contributed by atoms with Gasteiger partial charge in [-0.2, -0.15) is 0 Å². The normalized spacial score (nSPS) is 7.88. The summed E-state index contributed by atoms with van der Waals surface area (Å²) in [6, 6.07) is 0. The Morgan fingerprint density at radius 3 is 0.394 bits per heavy atom. The molecule has 0 aromatic heterocycles. The summed E-state index contributed by atoms with van der Waals surface area (Å²) >= 11 is 0. The van der Waals surface area contributed by atoms with Crippen LogP contribution in [0.3, 0.4) is 0 Å². The van der Waals surface area contributed by atoms with Crippen molar-refractivity contribution in [2.45, 2.75) is 25.7 Å². The van der Waals surface area contributed by atoms with E-state index < -0.39 is 0 Å². The van der Waals surface area contributed by atoms with Crippen LogP contribution in [0.1, 0.15) is 25.7 Å². The minimum atomic E-state index is 0. The third kappa shape index (κ3) is 327. The molecule has 0 spiro atoms. The molecule has 3 radical (unpaired) electrons. The first kappa shape index (κ1) is 85.3. The Bertz CT molecular complexity index is 289. The summed E-state index contributed by atoms with van der Waals surface area (Å²) in [5.41, 5.74) is 0. The number of hydrogen-bond donors (Lipinski definition) is 0. The molecule has 2 rings (SSSR count). The molecule has 0 aromatic carbocycles. The third-order valence-electron chi connectivity index (χ3n) is 1.65. The van der Waals surface area contributed by atoms with Crippen LogP contribution >= 0.6 is 0 Å². The van der Waals surface area contributed by atoms with Gasteiger partial charge in [-0.15, -0.1) is 0 Å². The molecule has 0 N–H and O–H groups in total. The Hall–Kier alpha value is -1.12. The third-order valence-corrected chi connectivity index (χ3v) is 1.65. The van der Waals surface area contributed by atoms with E-state index in [0.29, 0.717) is 0 Å². The van der Waals surface area contributed by atoms with E-state index in [0.717, 1.165) is 26.4 Å². The average Bonchev–Trinajstić information content (AvgIpc) is 3.71. The Morgan fingerprint density at radius 1 is 0.273 bits per heavy atom.